The second kappa shape index (κ2) is 5.25. The molecule has 0 radical (unpaired) electrons. The van der Waals surface area contributed by atoms with Crippen LogP contribution in [0.2, 0.25) is 5.02 Å². The number of rotatable bonds is 2. The first-order valence-corrected chi connectivity index (χ1v) is 6.79. The van der Waals surface area contributed by atoms with E-state index >= 15 is 0 Å². The Balaban J connectivity index is 1.74. The maximum Gasteiger partial charge on any atom is 0.256 e. The van der Waals surface area contributed by atoms with E-state index in [0.29, 0.717) is 6.42 Å². The van der Waals surface area contributed by atoms with E-state index < -0.39 is 11.7 Å². The summed E-state index contributed by atoms with van der Waals surface area (Å²) < 4.78 is 13.7. The van der Waals surface area contributed by atoms with E-state index in [-0.39, 0.29) is 16.6 Å². The summed E-state index contributed by atoms with van der Waals surface area (Å²) in [5, 5.41) is 9.87. The Morgan fingerprint density at radius 3 is 3.15 bits per heavy atom. The normalized spacial score (nSPS) is 17.6. The maximum atomic E-state index is 13.7. The maximum absolute atomic E-state index is 13.7. The number of aromatic nitrogens is 2. The van der Waals surface area contributed by atoms with Crippen LogP contribution in [-0.4, -0.2) is 22.1 Å². The standard InChI is InChI=1S/C14H13ClFN3O/c15-10-2-1-3-11(16)13(10)14(20)18-9-5-4-8-7-17-19-12(8)6-9/h1-3,7,9H,4-6H2,(H,17,19)(H,18,20). The minimum absolute atomic E-state index is 0.0360. The van der Waals surface area contributed by atoms with Crippen LogP contribution in [0.15, 0.2) is 24.4 Å². The van der Waals surface area contributed by atoms with Gasteiger partial charge in [-0.3, -0.25) is 9.89 Å². The number of nitrogens with one attached hydrogen (secondary N) is 2. The zero-order chi connectivity index (χ0) is 14.1. The van der Waals surface area contributed by atoms with Crippen molar-refractivity contribution in [2.24, 2.45) is 0 Å². The van der Waals surface area contributed by atoms with Gasteiger partial charge in [0.1, 0.15) is 5.82 Å². The molecule has 0 saturated heterocycles. The topological polar surface area (TPSA) is 57.8 Å². The molecule has 0 spiro atoms. The number of H-pyrrole nitrogens is 1. The molecule has 3 rings (SSSR count). The van der Waals surface area contributed by atoms with E-state index in [9.17, 15) is 9.18 Å². The summed E-state index contributed by atoms with van der Waals surface area (Å²) in [6.07, 6.45) is 4.14. The van der Waals surface area contributed by atoms with Crippen molar-refractivity contribution in [2.45, 2.75) is 25.3 Å². The van der Waals surface area contributed by atoms with Crippen LogP contribution in [0.5, 0.6) is 0 Å². The number of hydrogen-bond donors (Lipinski definition) is 2. The first-order chi connectivity index (χ1) is 9.65. The van der Waals surface area contributed by atoms with Crippen molar-refractivity contribution < 1.29 is 9.18 Å². The smallest absolute Gasteiger partial charge is 0.256 e. The van der Waals surface area contributed by atoms with Gasteiger partial charge in [0.15, 0.2) is 0 Å². The molecule has 2 N–H and O–H groups in total. The van der Waals surface area contributed by atoms with Crippen LogP contribution in [-0.2, 0) is 12.8 Å². The highest BCUT2D eigenvalue weighted by molar-refractivity contribution is 6.33. The average Bonchev–Trinajstić information content (AvgIpc) is 2.85. The Labute approximate surface area is 120 Å². The lowest BCUT2D eigenvalue weighted by Crippen LogP contribution is -2.39. The van der Waals surface area contributed by atoms with E-state index in [1.54, 1.807) is 6.20 Å². The number of aromatic amines is 1. The second-order valence-electron chi connectivity index (χ2n) is 4.88. The lowest BCUT2D eigenvalue weighted by Gasteiger charge is -2.23. The minimum atomic E-state index is -0.604. The van der Waals surface area contributed by atoms with Gasteiger partial charge in [-0.05, 0) is 30.5 Å². The molecule has 1 heterocycles. The van der Waals surface area contributed by atoms with Gasteiger partial charge in [-0.25, -0.2) is 4.39 Å². The molecule has 1 unspecified atom stereocenters. The summed E-state index contributed by atoms with van der Waals surface area (Å²) in [4.78, 5) is 12.1. The minimum Gasteiger partial charge on any atom is -0.349 e. The van der Waals surface area contributed by atoms with Crippen LogP contribution < -0.4 is 5.32 Å². The molecule has 1 atom stereocenters. The number of fused-ring (bicyclic) bond motifs is 1. The summed E-state index contributed by atoms with van der Waals surface area (Å²) >= 11 is 5.89. The molecular formula is C14H13ClFN3O. The highest BCUT2D eigenvalue weighted by Gasteiger charge is 2.24. The predicted octanol–water partition coefficient (Wildman–Crippen LogP) is 2.49. The van der Waals surface area contributed by atoms with Crippen molar-refractivity contribution in [3.63, 3.8) is 0 Å². The lowest BCUT2D eigenvalue weighted by atomic mass is 9.93. The summed E-state index contributed by atoms with van der Waals surface area (Å²) in [6.45, 7) is 0. The number of aryl methyl sites for hydroxylation is 1. The lowest BCUT2D eigenvalue weighted by molar-refractivity contribution is 0.0929. The van der Waals surface area contributed by atoms with Crippen molar-refractivity contribution >= 4 is 17.5 Å². The second-order valence-corrected chi connectivity index (χ2v) is 5.29. The van der Waals surface area contributed by atoms with Crippen molar-refractivity contribution in [1.29, 1.82) is 0 Å². The quantitative estimate of drug-likeness (QED) is 0.894. The van der Waals surface area contributed by atoms with Gasteiger partial charge in [0.2, 0.25) is 0 Å². The van der Waals surface area contributed by atoms with Crippen LogP contribution >= 0.6 is 11.6 Å². The van der Waals surface area contributed by atoms with Crippen LogP contribution in [0.25, 0.3) is 0 Å². The Hall–Kier alpha value is -1.88. The molecule has 1 amide bonds. The first kappa shape index (κ1) is 13.1. The summed E-state index contributed by atoms with van der Waals surface area (Å²) in [6, 6.07) is 4.18. The largest absolute Gasteiger partial charge is 0.349 e. The molecule has 1 aromatic carbocycles. The van der Waals surface area contributed by atoms with Crippen LogP contribution in [0.3, 0.4) is 0 Å². The molecule has 4 nitrogen and oxygen atoms in total. The fourth-order valence-electron chi connectivity index (χ4n) is 2.50. The number of nitrogens with zero attached hydrogens (tertiary/aromatic N) is 1. The summed E-state index contributed by atoms with van der Waals surface area (Å²) in [5.41, 5.74) is 2.12. The molecule has 0 aliphatic heterocycles. The first-order valence-electron chi connectivity index (χ1n) is 6.41. The van der Waals surface area contributed by atoms with Crippen LogP contribution in [0.1, 0.15) is 28.0 Å². The van der Waals surface area contributed by atoms with E-state index in [1.807, 2.05) is 0 Å². The zero-order valence-electron chi connectivity index (χ0n) is 10.6. The molecule has 2 aromatic rings. The van der Waals surface area contributed by atoms with Crippen LogP contribution in [0, 0.1) is 5.82 Å². The Bertz CT molecular complexity index is 635. The molecular weight excluding hydrogens is 281 g/mol. The third-order valence-electron chi connectivity index (χ3n) is 3.55. The van der Waals surface area contributed by atoms with E-state index in [2.05, 4.69) is 15.5 Å². The Kier molecular flexibility index (Phi) is 3.44. The molecule has 0 fully saturated rings. The fourth-order valence-corrected chi connectivity index (χ4v) is 2.75. The van der Waals surface area contributed by atoms with Gasteiger partial charge in [-0.15, -0.1) is 0 Å². The number of halogens is 2. The zero-order valence-corrected chi connectivity index (χ0v) is 11.4. The van der Waals surface area contributed by atoms with Crippen molar-refractivity contribution in [3.8, 4) is 0 Å². The van der Waals surface area contributed by atoms with Gasteiger partial charge >= 0.3 is 0 Å². The molecule has 0 bridgehead atoms. The van der Waals surface area contributed by atoms with E-state index in [0.717, 1.165) is 18.5 Å². The number of amides is 1. The Morgan fingerprint density at radius 2 is 2.35 bits per heavy atom. The van der Waals surface area contributed by atoms with Gasteiger partial charge in [0.25, 0.3) is 5.91 Å². The molecule has 104 valence electrons. The summed E-state index contributed by atoms with van der Waals surface area (Å²) in [5.74, 6) is -1.07. The van der Waals surface area contributed by atoms with Gasteiger partial charge in [0.05, 0.1) is 16.8 Å². The van der Waals surface area contributed by atoms with E-state index in [4.69, 9.17) is 11.6 Å². The van der Waals surface area contributed by atoms with Crippen molar-refractivity contribution in [1.82, 2.24) is 15.5 Å². The van der Waals surface area contributed by atoms with Crippen molar-refractivity contribution in [3.05, 3.63) is 52.1 Å². The Morgan fingerprint density at radius 1 is 1.50 bits per heavy atom. The average molecular weight is 294 g/mol. The molecule has 0 saturated carbocycles. The predicted molar refractivity (Wildman–Crippen MR) is 73.3 cm³/mol. The van der Waals surface area contributed by atoms with Gasteiger partial charge < -0.3 is 5.32 Å². The van der Waals surface area contributed by atoms with Crippen molar-refractivity contribution in [2.75, 3.05) is 0 Å². The highest BCUT2D eigenvalue weighted by atomic mass is 35.5. The third kappa shape index (κ3) is 2.41. The number of hydrogen-bond acceptors (Lipinski definition) is 2. The molecule has 20 heavy (non-hydrogen) atoms. The molecule has 1 aliphatic carbocycles. The highest BCUT2D eigenvalue weighted by Crippen LogP contribution is 2.22. The number of carbonyl (C=O) groups is 1. The number of benzene rings is 1. The number of carbonyl (C=O) groups excluding carboxylic acids is 1. The fraction of sp³-hybridized carbons (Fsp3) is 0.286. The monoisotopic (exact) mass is 293 g/mol. The molecule has 1 aromatic heterocycles. The van der Waals surface area contributed by atoms with Gasteiger partial charge in [-0.2, -0.15) is 5.10 Å². The summed E-state index contributed by atoms with van der Waals surface area (Å²) in [7, 11) is 0. The molecule has 1 aliphatic rings. The van der Waals surface area contributed by atoms with Crippen LogP contribution in [0.4, 0.5) is 4.39 Å². The van der Waals surface area contributed by atoms with E-state index in [1.165, 1.54) is 23.8 Å². The third-order valence-corrected chi connectivity index (χ3v) is 3.86. The van der Waals surface area contributed by atoms with Gasteiger partial charge in [0, 0.05) is 18.2 Å². The van der Waals surface area contributed by atoms with Gasteiger partial charge in [-0.1, -0.05) is 17.7 Å². The SMILES string of the molecule is O=C(NC1CCc2cn[nH]c2C1)c1c(F)cccc1Cl. The molecule has 6 heteroatoms.